The fraction of sp³-hybridized carbons (Fsp3) is 0.595. The molecule has 0 saturated carbocycles. The Morgan fingerprint density at radius 2 is 1.23 bits per heavy atom. The number of amides is 2. The van der Waals surface area contributed by atoms with Gasteiger partial charge in [0.15, 0.2) is 0 Å². The van der Waals surface area contributed by atoms with Crippen LogP contribution in [0.4, 0.5) is 0 Å². The second kappa shape index (κ2) is 22.4. The minimum atomic E-state index is -2.78. The van der Waals surface area contributed by atoms with Gasteiger partial charge in [0.2, 0.25) is 11.8 Å². The van der Waals surface area contributed by atoms with Gasteiger partial charge in [-0.15, -0.1) is 22.4 Å². The lowest BCUT2D eigenvalue weighted by molar-refractivity contribution is -0.140. The first-order chi connectivity index (χ1) is 23.0. The average molecular weight is 718 g/mol. The smallest absolute Gasteiger partial charge is 0.385 e. The van der Waals surface area contributed by atoms with Crippen LogP contribution in [0.2, 0.25) is 5.04 Å². The molecule has 11 heteroatoms. The number of nitrogens with one attached hydrogen (secondary N) is 2. The summed E-state index contributed by atoms with van der Waals surface area (Å²) in [5.74, 6) is 0.437. The van der Waals surface area contributed by atoms with E-state index in [1.54, 1.807) is 0 Å². The summed E-state index contributed by atoms with van der Waals surface area (Å²) in [6.45, 7) is 10.7. The van der Waals surface area contributed by atoms with Crippen molar-refractivity contribution in [2.45, 2.75) is 116 Å². The fourth-order valence-corrected chi connectivity index (χ4v) is 16.4. The minimum absolute atomic E-state index is 0.0549. The van der Waals surface area contributed by atoms with Crippen molar-refractivity contribution in [1.82, 2.24) is 10.6 Å². The maximum absolute atomic E-state index is 14.3. The molecule has 0 aromatic heterocycles. The molecule has 0 aliphatic rings. The molecular formula is C37H59N3O5S2Si. The number of rotatable bonds is 23. The van der Waals surface area contributed by atoms with Crippen LogP contribution in [-0.4, -0.2) is 67.2 Å². The Hall–Kier alpha value is -2.31. The molecule has 48 heavy (non-hydrogen) atoms. The van der Waals surface area contributed by atoms with E-state index in [1.165, 1.54) is 0 Å². The molecule has 0 saturated heterocycles. The lowest BCUT2D eigenvalue weighted by Crippen LogP contribution is -2.57. The van der Waals surface area contributed by atoms with Crippen LogP contribution in [0.15, 0.2) is 60.7 Å². The summed E-state index contributed by atoms with van der Waals surface area (Å²) in [7, 11) is 0. The number of hydrogen-bond acceptors (Lipinski definition) is 8. The first-order valence-corrected chi connectivity index (χ1v) is 22.8. The van der Waals surface area contributed by atoms with Crippen molar-refractivity contribution in [3.63, 3.8) is 0 Å². The molecule has 0 aliphatic carbocycles. The topological polar surface area (TPSA) is 120 Å². The fourth-order valence-electron chi connectivity index (χ4n) is 4.78. The third-order valence-electron chi connectivity index (χ3n) is 7.81. The Kier molecular flexibility index (Phi) is 19.5. The molecule has 0 aliphatic heterocycles. The molecule has 2 aromatic rings. The first kappa shape index (κ1) is 41.9. The summed E-state index contributed by atoms with van der Waals surface area (Å²) >= 11 is 3.63. The third kappa shape index (κ3) is 14.7. The highest BCUT2D eigenvalue weighted by atomic mass is 32.6. The minimum Gasteiger partial charge on any atom is -0.497 e. The molecule has 0 fully saturated rings. The molecule has 2 amide bonds. The molecular weight excluding hydrogens is 659 g/mol. The van der Waals surface area contributed by atoms with Crippen molar-refractivity contribution in [2.75, 3.05) is 24.7 Å². The van der Waals surface area contributed by atoms with Crippen LogP contribution in [0.25, 0.3) is 0 Å². The third-order valence-corrected chi connectivity index (χ3v) is 21.7. The summed E-state index contributed by atoms with van der Waals surface area (Å²) < 4.78 is 12.3. The molecule has 0 spiro atoms. The number of unbranched alkanes of at least 4 members (excludes halogenated alkanes) is 3. The summed E-state index contributed by atoms with van der Waals surface area (Å²) in [6.07, 6.45) is 6.54. The van der Waals surface area contributed by atoms with Crippen molar-refractivity contribution in [3.05, 3.63) is 71.8 Å². The highest BCUT2D eigenvalue weighted by Crippen LogP contribution is 2.52. The molecule has 4 N–H and O–H groups in total. The van der Waals surface area contributed by atoms with E-state index in [1.807, 2.05) is 83.1 Å². The molecule has 0 unspecified atom stereocenters. The van der Waals surface area contributed by atoms with Gasteiger partial charge in [-0.1, -0.05) is 121 Å². The zero-order valence-electron chi connectivity index (χ0n) is 29.9. The van der Waals surface area contributed by atoms with Crippen LogP contribution >= 0.6 is 22.4 Å². The Labute approximate surface area is 298 Å². The Morgan fingerprint density at radius 1 is 0.750 bits per heavy atom. The van der Waals surface area contributed by atoms with Crippen molar-refractivity contribution in [1.29, 1.82) is 0 Å². The van der Waals surface area contributed by atoms with Crippen molar-refractivity contribution in [2.24, 2.45) is 5.73 Å². The van der Waals surface area contributed by atoms with E-state index >= 15 is 0 Å². The number of benzene rings is 2. The number of nitrogens with two attached hydrogens (primary N) is 1. The van der Waals surface area contributed by atoms with Gasteiger partial charge in [0.1, 0.15) is 18.1 Å². The monoisotopic (exact) mass is 717 g/mol. The molecule has 0 bridgehead atoms. The summed E-state index contributed by atoms with van der Waals surface area (Å²) in [4.78, 5) is 41.6. The van der Waals surface area contributed by atoms with Crippen LogP contribution in [0.1, 0.15) is 91.2 Å². The van der Waals surface area contributed by atoms with Gasteiger partial charge in [-0.3, -0.25) is 14.4 Å². The maximum atomic E-state index is 14.3. The predicted octanol–water partition coefficient (Wildman–Crippen LogP) is 6.93. The van der Waals surface area contributed by atoms with Gasteiger partial charge in [0, 0.05) is 24.5 Å². The molecule has 3 atom stereocenters. The van der Waals surface area contributed by atoms with Gasteiger partial charge in [0.25, 0.3) is 0 Å². The van der Waals surface area contributed by atoms with Crippen LogP contribution in [0, 0.1) is 0 Å². The van der Waals surface area contributed by atoms with Crippen molar-refractivity contribution < 1.29 is 23.5 Å². The number of ether oxygens (including phenoxy) is 1. The van der Waals surface area contributed by atoms with E-state index in [0.29, 0.717) is 6.61 Å². The summed E-state index contributed by atoms with van der Waals surface area (Å²) in [6, 6.07) is 16.3. The van der Waals surface area contributed by atoms with Crippen LogP contribution in [0.3, 0.4) is 0 Å². The van der Waals surface area contributed by atoms with Crippen LogP contribution in [-0.2, 0) is 36.4 Å². The van der Waals surface area contributed by atoms with Gasteiger partial charge >= 0.3 is 12.6 Å². The predicted molar refractivity (Wildman–Crippen MR) is 204 cm³/mol. The van der Waals surface area contributed by atoms with Gasteiger partial charge in [-0.05, 0) is 41.9 Å². The van der Waals surface area contributed by atoms with Crippen molar-refractivity contribution >= 4 is 46.8 Å². The maximum Gasteiger partial charge on any atom is 0.385 e. The number of carbonyl (C=O) groups is 3. The average Bonchev–Trinajstić information content (AvgIpc) is 3.06. The van der Waals surface area contributed by atoms with Crippen LogP contribution in [0.5, 0.6) is 0 Å². The van der Waals surface area contributed by atoms with E-state index in [2.05, 4.69) is 52.2 Å². The normalized spacial score (nSPS) is 13.7. The van der Waals surface area contributed by atoms with Gasteiger partial charge in [0.05, 0.1) is 6.61 Å². The Bertz CT molecular complexity index is 1210. The largest absolute Gasteiger partial charge is 0.497 e. The van der Waals surface area contributed by atoms with E-state index in [4.69, 9.17) is 14.9 Å². The number of carbonyl (C=O) groups excluding carboxylic acids is 3. The molecule has 2 aromatic carbocycles. The highest BCUT2D eigenvalue weighted by Gasteiger charge is 2.52. The van der Waals surface area contributed by atoms with E-state index < -0.39 is 42.5 Å². The molecule has 0 radical (unpaired) electrons. The lowest BCUT2D eigenvalue weighted by Gasteiger charge is -2.40. The molecule has 2 rings (SSSR count). The van der Waals surface area contributed by atoms with Gasteiger partial charge in [-0.25, -0.2) is 0 Å². The Morgan fingerprint density at radius 3 is 1.71 bits per heavy atom. The lowest BCUT2D eigenvalue weighted by atomic mass is 10.0. The quantitative estimate of drug-likeness (QED) is 0.0837. The van der Waals surface area contributed by atoms with E-state index in [-0.39, 0.29) is 24.5 Å². The SMILES string of the molecule is CCCCOC[C@H](N)C(=O)N[C@@H](Cc1ccccc1)C(=O)N[C@@H](Cc1ccccc1)C(=O)O[Si](SCCCC)(SCCCC)C(C)(C)C. The Balaban J connectivity index is 2.40. The van der Waals surface area contributed by atoms with Gasteiger partial charge < -0.3 is 25.5 Å². The summed E-state index contributed by atoms with van der Waals surface area (Å²) in [5, 5.41) is 5.60. The molecule has 8 nitrogen and oxygen atoms in total. The van der Waals surface area contributed by atoms with Crippen molar-refractivity contribution in [3.8, 4) is 0 Å². The second-order valence-corrected chi connectivity index (χ2v) is 23.3. The standard InChI is InChI=1S/C37H59N3O5S2Si/c1-7-10-23-44-28-31(38)34(41)39-32(26-29-19-15-13-16-20-29)35(42)40-33(27-30-21-17-14-18-22-30)36(43)45-48(37(4,5)6,46-24-11-8-2)47-25-12-9-3/h13-22,31-33H,7-12,23-28,38H2,1-6H3,(H,39,41)(H,40,42)/t31-,32-,33-/m0/s1. The molecule has 268 valence electrons. The van der Waals surface area contributed by atoms with E-state index in [0.717, 1.165) is 61.2 Å². The first-order valence-electron chi connectivity index (χ1n) is 17.5. The summed E-state index contributed by atoms with van der Waals surface area (Å²) in [5.41, 5.74) is 7.93. The highest BCUT2D eigenvalue weighted by molar-refractivity contribution is 8.57. The molecule has 0 heterocycles. The van der Waals surface area contributed by atoms with E-state index in [9.17, 15) is 14.4 Å². The van der Waals surface area contributed by atoms with Crippen LogP contribution < -0.4 is 16.4 Å². The second-order valence-electron chi connectivity index (χ2n) is 13.2. The zero-order valence-corrected chi connectivity index (χ0v) is 32.6. The number of hydrogen-bond donors (Lipinski definition) is 3. The van der Waals surface area contributed by atoms with Gasteiger partial charge in [-0.2, -0.15) is 0 Å². The zero-order chi connectivity index (χ0) is 35.4.